The van der Waals surface area contributed by atoms with Crippen LogP contribution in [0.25, 0.3) is 0 Å². The summed E-state index contributed by atoms with van der Waals surface area (Å²) in [4.78, 5) is 26.1. The molecule has 0 spiro atoms. The van der Waals surface area contributed by atoms with Crippen molar-refractivity contribution in [1.82, 2.24) is 14.7 Å². The van der Waals surface area contributed by atoms with Crippen LogP contribution in [0, 0.1) is 13.8 Å². The zero-order valence-corrected chi connectivity index (χ0v) is 12.8. The van der Waals surface area contributed by atoms with Crippen LogP contribution in [-0.4, -0.2) is 33.4 Å². The van der Waals surface area contributed by atoms with E-state index >= 15 is 0 Å². The van der Waals surface area contributed by atoms with Gasteiger partial charge in [0.2, 0.25) is 0 Å². The molecular formula is C16H19N3O2. The van der Waals surface area contributed by atoms with Gasteiger partial charge in [-0.1, -0.05) is 30.3 Å². The van der Waals surface area contributed by atoms with E-state index in [0.717, 1.165) is 5.56 Å². The number of benzene rings is 1. The Morgan fingerprint density at radius 1 is 1.19 bits per heavy atom. The van der Waals surface area contributed by atoms with Crippen LogP contribution in [0.2, 0.25) is 0 Å². The zero-order chi connectivity index (χ0) is 15.6. The van der Waals surface area contributed by atoms with Crippen molar-refractivity contribution in [2.45, 2.75) is 20.4 Å². The van der Waals surface area contributed by atoms with Gasteiger partial charge < -0.3 is 4.90 Å². The Morgan fingerprint density at radius 2 is 1.81 bits per heavy atom. The molecule has 0 N–H and O–H groups in total. The number of hydrogen-bond donors (Lipinski definition) is 0. The highest BCUT2D eigenvalue weighted by Gasteiger charge is 2.26. The van der Waals surface area contributed by atoms with Gasteiger partial charge in [0.15, 0.2) is 0 Å². The summed E-state index contributed by atoms with van der Waals surface area (Å²) in [7, 11) is 3.39. The molecule has 110 valence electrons. The SMILES string of the molecule is Cc1nn(C)c(C)c1C(=O)C(=O)N(C)Cc1ccccc1. The van der Waals surface area contributed by atoms with Crippen molar-refractivity contribution in [3.05, 3.63) is 52.8 Å². The van der Waals surface area contributed by atoms with Crippen LogP contribution >= 0.6 is 0 Å². The Balaban J connectivity index is 2.17. The molecule has 0 saturated carbocycles. The third-order valence-electron chi connectivity index (χ3n) is 3.54. The van der Waals surface area contributed by atoms with Gasteiger partial charge in [0.1, 0.15) is 0 Å². The van der Waals surface area contributed by atoms with Crippen LogP contribution in [0.3, 0.4) is 0 Å². The predicted molar refractivity (Wildman–Crippen MR) is 79.9 cm³/mol. The molecule has 0 fully saturated rings. The quantitative estimate of drug-likeness (QED) is 0.636. The van der Waals surface area contributed by atoms with Gasteiger partial charge in [-0.05, 0) is 19.4 Å². The van der Waals surface area contributed by atoms with E-state index in [2.05, 4.69) is 5.10 Å². The summed E-state index contributed by atoms with van der Waals surface area (Å²) in [6.45, 7) is 3.94. The molecule has 0 aliphatic rings. The fraction of sp³-hybridized carbons (Fsp3) is 0.312. The number of Topliss-reactive ketones (excluding diaryl/α,β-unsaturated/α-hetero) is 1. The fourth-order valence-electron chi connectivity index (χ4n) is 2.31. The van der Waals surface area contributed by atoms with Crippen LogP contribution in [0.4, 0.5) is 0 Å². The molecule has 0 saturated heterocycles. The van der Waals surface area contributed by atoms with Gasteiger partial charge >= 0.3 is 0 Å². The molecule has 1 amide bonds. The lowest BCUT2D eigenvalue weighted by Gasteiger charge is -2.16. The summed E-state index contributed by atoms with van der Waals surface area (Å²) in [5, 5.41) is 4.18. The largest absolute Gasteiger partial charge is 0.335 e. The van der Waals surface area contributed by atoms with E-state index in [4.69, 9.17) is 0 Å². The maximum Gasteiger partial charge on any atom is 0.295 e. The third kappa shape index (κ3) is 3.02. The van der Waals surface area contributed by atoms with Gasteiger partial charge in [-0.3, -0.25) is 14.3 Å². The average Bonchev–Trinajstić information content (AvgIpc) is 2.71. The van der Waals surface area contributed by atoms with Crippen LogP contribution in [0.1, 0.15) is 27.3 Å². The summed E-state index contributed by atoms with van der Waals surface area (Å²) in [5.41, 5.74) is 2.68. The first-order valence-corrected chi connectivity index (χ1v) is 6.75. The van der Waals surface area contributed by atoms with Gasteiger partial charge in [-0.15, -0.1) is 0 Å². The molecule has 1 aromatic heterocycles. The number of carbonyl (C=O) groups is 2. The van der Waals surface area contributed by atoms with E-state index in [0.29, 0.717) is 23.5 Å². The van der Waals surface area contributed by atoms with Gasteiger partial charge in [-0.2, -0.15) is 5.10 Å². The topological polar surface area (TPSA) is 55.2 Å². The highest BCUT2D eigenvalue weighted by molar-refractivity contribution is 6.43. The maximum atomic E-state index is 12.4. The lowest BCUT2D eigenvalue weighted by atomic mass is 10.1. The highest BCUT2D eigenvalue weighted by Crippen LogP contribution is 2.14. The fourth-order valence-corrected chi connectivity index (χ4v) is 2.31. The number of rotatable bonds is 4. The molecule has 0 aliphatic heterocycles. The van der Waals surface area contributed by atoms with Crippen molar-refractivity contribution in [1.29, 1.82) is 0 Å². The van der Waals surface area contributed by atoms with Crippen LogP contribution < -0.4 is 0 Å². The normalized spacial score (nSPS) is 10.5. The van der Waals surface area contributed by atoms with Crippen molar-refractivity contribution >= 4 is 11.7 Å². The Bertz CT molecular complexity index is 674. The molecule has 5 nitrogen and oxygen atoms in total. The smallest absolute Gasteiger partial charge is 0.295 e. The molecule has 0 aliphatic carbocycles. The molecule has 0 unspecified atom stereocenters. The maximum absolute atomic E-state index is 12.4. The van der Waals surface area contributed by atoms with Crippen molar-refractivity contribution < 1.29 is 9.59 Å². The van der Waals surface area contributed by atoms with Crippen LogP contribution in [-0.2, 0) is 18.4 Å². The minimum Gasteiger partial charge on any atom is -0.335 e. The second-order valence-electron chi connectivity index (χ2n) is 5.15. The van der Waals surface area contributed by atoms with Crippen molar-refractivity contribution in [2.24, 2.45) is 7.05 Å². The molecule has 5 heteroatoms. The summed E-state index contributed by atoms with van der Waals surface area (Å²) >= 11 is 0. The number of aromatic nitrogens is 2. The molecule has 2 rings (SSSR count). The number of aryl methyl sites for hydroxylation is 2. The summed E-state index contributed by atoms with van der Waals surface area (Å²) in [6.07, 6.45) is 0. The third-order valence-corrected chi connectivity index (χ3v) is 3.54. The summed E-state index contributed by atoms with van der Waals surface area (Å²) in [6, 6.07) is 9.58. The van der Waals surface area contributed by atoms with Crippen molar-refractivity contribution in [3.63, 3.8) is 0 Å². The van der Waals surface area contributed by atoms with E-state index in [1.165, 1.54) is 4.90 Å². The molecule has 0 radical (unpaired) electrons. The van der Waals surface area contributed by atoms with Crippen LogP contribution in [0.5, 0.6) is 0 Å². The second-order valence-corrected chi connectivity index (χ2v) is 5.15. The van der Waals surface area contributed by atoms with Gasteiger partial charge in [0.05, 0.1) is 11.3 Å². The summed E-state index contributed by atoms with van der Waals surface area (Å²) in [5.74, 6) is -1.02. The molecule has 0 bridgehead atoms. The number of nitrogens with zero attached hydrogens (tertiary/aromatic N) is 3. The average molecular weight is 285 g/mol. The van der Waals surface area contributed by atoms with E-state index in [-0.39, 0.29) is 0 Å². The lowest BCUT2D eigenvalue weighted by molar-refractivity contribution is -0.125. The van der Waals surface area contributed by atoms with Gasteiger partial charge in [-0.25, -0.2) is 0 Å². The molecular weight excluding hydrogens is 266 g/mol. The standard InChI is InChI=1S/C16H19N3O2/c1-11-14(12(2)19(4)17-11)15(20)16(21)18(3)10-13-8-6-5-7-9-13/h5-9H,10H2,1-4H3. The highest BCUT2D eigenvalue weighted by atomic mass is 16.2. The van der Waals surface area contributed by atoms with E-state index in [9.17, 15) is 9.59 Å². The second kappa shape index (κ2) is 5.91. The molecule has 2 aromatic rings. The Hall–Kier alpha value is -2.43. The minimum absolute atomic E-state index is 0.405. The van der Waals surface area contributed by atoms with Gasteiger partial charge in [0, 0.05) is 26.3 Å². The number of hydrogen-bond acceptors (Lipinski definition) is 3. The van der Waals surface area contributed by atoms with E-state index in [1.54, 1.807) is 32.6 Å². The number of likely N-dealkylation sites (N-methyl/N-ethyl adjacent to an activating group) is 1. The Kier molecular flexibility index (Phi) is 4.21. The minimum atomic E-state index is -0.516. The van der Waals surface area contributed by atoms with Crippen molar-refractivity contribution in [3.8, 4) is 0 Å². The number of ketones is 1. The number of carbonyl (C=O) groups excluding carboxylic acids is 2. The number of amides is 1. The zero-order valence-electron chi connectivity index (χ0n) is 12.8. The van der Waals surface area contributed by atoms with Crippen molar-refractivity contribution in [2.75, 3.05) is 7.05 Å². The van der Waals surface area contributed by atoms with E-state index in [1.807, 2.05) is 30.3 Å². The molecule has 0 atom stereocenters. The summed E-state index contributed by atoms with van der Waals surface area (Å²) < 4.78 is 1.62. The van der Waals surface area contributed by atoms with E-state index < -0.39 is 11.7 Å². The monoisotopic (exact) mass is 285 g/mol. The predicted octanol–water partition coefficient (Wildman–Crippen LogP) is 1.88. The Morgan fingerprint density at radius 3 is 2.33 bits per heavy atom. The molecule has 1 aromatic carbocycles. The lowest BCUT2D eigenvalue weighted by Crippen LogP contribution is -2.33. The van der Waals surface area contributed by atoms with Crippen LogP contribution in [0.15, 0.2) is 30.3 Å². The van der Waals surface area contributed by atoms with Gasteiger partial charge in [0.25, 0.3) is 11.7 Å². The first kappa shape index (κ1) is 15.0. The molecule has 1 heterocycles. The Labute approximate surface area is 124 Å². The first-order chi connectivity index (χ1) is 9.91. The molecule has 21 heavy (non-hydrogen) atoms. The first-order valence-electron chi connectivity index (χ1n) is 6.75.